The van der Waals surface area contributed by atoms with Gasteiger partial charge >= 0.3 is 0 Å². The van der Waals surface area contributed by atoms with Crippen LogP contribution in [0.1, 0.15) is 30.1 Å². The number of amides is 1. The topological polar surface area (TPSA) is 73.1 Å². The summed E-state index contributed by atoms with van der Waals surface area (Å²) in [5.74, 6) is -0.0191. The van der Waals surface area contributed by atoms with Crippen LogP contribution in [0.4, 0.5) is 0 Å². The molecule has 0 heterocycles. The number of carbonyl (C=O) groups excluding carboxylic acids is 1. The summed E-state index contributed by atoms with van der Waals surface area (Å²) < 4.78 is 0. The summed E-state index contributed by atoms with van der Waals surface area (Å²) >= 11 is 0. The van der Waals surface area contributed by atoms with Crippen LogP contribution in [0.5, 0.6) is 5.75 Å². The molecule has 0 fully saturated rings. The molecule has 0 aliphatic rings. The SMILES string of the molecule is CCC(CC#N)NC(=O)c1cccc2cc(O)ccc12. The average Bonchev–Trinajstić information content (AvgIpc) is 2.45. The van der Waals surface area contributed by atoms with Crippen LogP contribution < -0.4 is 5.32 Å². The van der Waals surface area contributed by atoms with Gasteiger partial charge in [0.2, 0.25) is 0 Å². The van der Waals surface area contributed by atoms with Crippen LogP contribution in [-0.4, -0.2) is 17.1 Å². The van der Waals surface area contributed by atoms with Gasteiger partial charge in [0, 0.05) is 11.6 Å². The molecule has 0 saturated carbocycles. The first-order valence-electron chi connectivity index (χ1n) is 6.55. The maximum absolute atomic E-state index is 12.3. The smallest absolute Gasteiger partial charge is 0.252 e. The number of nitriles is 1. The number of fused-ring (bicyclic) bond motifs is 1. The quantitative estimate of drug-likeness (QED) is 0.895. The monoisotopic (exact) mass is 268 g/mol. The number of benzene rings is 2. The van der Waals surface area contributed by atoms with E-state index in [-0.39, 0.29) is 17.7 Å². The van der Waals surface area contributed by atoms with E-state index in [9.17, 15) is 9.90 Å². The second-order valence-electron chi connectivity index (χ2n) is 4.65. The lowest BCUT2D eigenvalue weighted by Gasteiger charge is -2.14. The van der Waals surface area contributed by atoms with Gasteiger partial charge in [-0.2, -0.15) is 5.26 Å². The lowest BCUT2D eigenvalue weighted by molar-refractivity contribution is 0.0938. The minimum absolute atomic E-state index is 0.139. The summed E-state index contributed by atoms with van der Waals surface area (Å²) in [5.41, 5.74) is 0.555. The van der Waals surface area contributed by atoms with E-state index in [1.807, 2.05) is 13.0 Å². The van der Waals surface area contributed by atoms with Crippen LogP contribution in [-0.2, 0) is 0 Å². The second kappa shape index (κ2) is 6.07. The number of hydrogen-bond donors (Lipinski definition) is 2. The first-order chi connectivity index (χ1) is 9.65. The van der Waals surface area contributed by atoms with Gasteiger partial charge in [-0.25, -0.2) is 0 Å². The van der Waals surface area contributed by atoms with Gasteiger partial charge in [0.05, 0.1) is 12.5 Å². The van der Waals surface area contributed by atoms with E-state index in [1.54, 1.807) is 30.3 Å². The van der Waals surface area contributed by atoms with Crippen LogP contribution in [0.15, 0.2) is 36.4 Å². The molecule has 0 radical (unpaired) electrons. The molecule has 4 nitrogen and oxygen atoms in total. The fourth-order valence-corrected chi connectivity index (χ4v) is 2.14. The Morgan fingerprint density at radius 2 is 2.20 bits per heavy atom. The minimum Gasteiger partial charge on any atom is -0.508 e. The van der Waals surface area contributed by atoms with E-state index in [4.69, 9.17) is 5.26 Å². The summed E-state index contributed by atoms with van der Waals surface area (Å²) in [6.45, 7) is 1.93. The third-order valence-corrected chi connectivity index (χ3v) is 3.27. The molecule has 2 aromatic carbocycles. The average molecular weight is 268 g/mol. The Morgan fingerprint density at radius 3 is 2.90 bits per heavy atom. The molecular formula is C16H16N2O2. The summed E-state index contributed by atoms with van der Waals surface area (Å²) in [5, 5.41) is 22.7. The maximum atomic E-state index is 12.3. The number of nitrogens with one attached hydrogen (secondary N) is 1. The van der Waals surface area contributed by atoms with Crippen LogP contribution in [0.3, 0.4) is 0 Å². The molecule has 2 aromatic rings. The third kappa shape index (κ3) is 2.89. The molecular weight excluding hydrogens is 252 g/mol. The van der Waals surface area contributed by atoms with E-state index in [0.29, 0.717) is 18.4 Å². The van der Waals surface area contributed by atoms with Gasteiger partial charge in [-0.1, -0.05) is 19.1 Å². The molecule has 0 aromatic heterocycles. The largest absolute Gasteiger partial charge is 0.508 e. The van der Waals surface area contributed by atoms with Gasteiger partial charge in [0.25, 0.3) is 5.91 Å². The molecule has 0 aliphatic carbocycles. The van der Waals surface area contributed by atoms with Gasteiger partial charge in [-0.3, -0.25) is 4.79 Å². The molecule has 2 rings (SSSR count). The molecule has 0 aliphatic heterocycles. The Hall–Kier alpha value is -2.54. The Morgan fingerprint density at radius 1 is 1.40 bits per heavy atom. The fraction of sp³-hybridized carbons (Fsp3) is 0.250. The number of nitrogens with zero attached hydrogens (tertiary/aromatic N) is 1. The Kier molecular flexibility index (Phi) is 4.21. The van der Waals surface area contributed by atoms with Crippen molar-refractivity contribution in [2.75, 3.05) is 0 Å². The standard InChI is InChI=1S/C16H16N2O2/c1-2-12(8-9-17)18-16(20)15-5-3-4-11-10-13(19)6-7-14(11)15/h3-7,10,12,19H,2,8H2,1H3,(H,18,20). The van der Waals surface area contributed by atoms with Crippen LogP contribution in [0, 0.1) is 11.3 Å². The van der Waals surface area contributed by atoms with Crippen molar-refractivity contribution in [2.24, 2.45) is 0 Å². The Labute approximate surface area is 117 Å². The highest BCUT2D eigenvalue weighted by atomic mass is 16.3. The molecule has 1 amide bonds. The molecule has 0 bridgehead atoms. The number of carbonyl (C=O) groups is 1. The fourth-order valence-electron chi connectivity index (χ4n) is 2.14. The van der Waals surface area contributed by atoms with Gasteiger partial charge in [-0.15, -0.1) is 0 Å². The van der Waals surface area contributed by atoms with Crippen molar-refractivity contribution in [3.05, 3.63) is 42.0 Å². The van der Waals surface area contributed by atoms with Gasteiger partial charge < -0.3 is 10.4 Å². The number of hydrogen-bond acceptors (Lipinski definition) is 3. The van der Waals surface area contributed by atoms with Crippen LogP contribution >= 0.6 is 0 Å². The van der Waals surface area contributed by atoms with Crippen molar-refractivity contribution in [3.8, 4) is 11.8 Å². The van der Waals surface area contributed by atoms with E-state index in [0.717, 1.165) is 10.8 Å². The van der Waals surface area contributed by atoms with Crippen LogP contribution in [0.2, 0.25) is 0 Å². The highest BCUT2D eigenvalue weighted by Crippen LogP contribution is 2.23. The lowest BCUT2D eigenvalue weighted by atomic mass is 10.0. The molecule has 1 atom stereocenters. The van der Waals surface area contributed by atoms with E-state index in [1.165, 1.54) is 0 Å². The number of phenols is 1. The Balaban J connectivity index is 2.33. The van der Waals surface area contributed by atoms with Crippen molar-refractivity contribution in [1.29, 1.82) is 5.26 Å². The highest BCUT2D eigenvalue weighted by molar-refractivity contribution is 6.07. The highest BCUT2D eigenvalue weighted by Gasteiger charge is 2.14. The van der Waals surface area contributed by atoms with Gasteiger partial charge in [0.1, 0.15) is 5.75 Å². The molecule has 0 saturated heterocycles. The summed E-state index contributed by atoms with van der Waals surface area (Å²) in [6.07, 6.45) is 1.01. The first-order valence-corrected chi connectivity index (χ1v) is 6.55. The zero-order valence-corrected chi connectivity index (χ0v) is 11.3. The van der Waals surface area contributed by atoms with Gasteiger partial charge in [0.15, 0.2) is 0 Å². The number of phenolic OH excluding ortho intramolecular Hbond substituents is 1. The zero-order chi connectivity index (χ0) is 14.5. The molecule has 20 heavy (non-hydrogen) atoms. The molecule has 2 N–H and O–H groups in total. The van der Waals surface area contributed by atoms with Crippen molar-refractivity contribution in [1.82, 2.24) is 5.32 Å². The van der Waals surface area contributed by atoms with E-state index < -0.39 is 0 Å². The summed E-state index contributed by atoms with van der Waals surface area (Å²) in [4.78, 5) is 12.3. The van der Waals surface area contributed by atoms with Crippen molar-refractivity contribution in [3.63, 3.8) is 0 Å². The van der Waals surface area contributed by atoms with Gasteiger partial charge in [-0.05, 0) is 41.5 Å². The van der Waals surface area contributed by atoms with E-state index >= 15 is 0 Å². The van der Waals surface area contributed by atoms with Crippen molar-refractivity contribution >= 4 is 16.7 Å². The number of rotatable bonds is 4. The summed E-state index contributed by atoms with van der Waals surface area (Å²) in [6, 6.07) is 12.2. The molecule has 4 heteroatoms. The molecule has 0 spiro atoms. The third-order valence-electron chi connectivity index (χ3n) is 3.27. The number of aromatic hydroxyl groups is 1. The Bertz CT molecular complexity index is 674. The van der Waals surface area contributed by atoms with Crippen molar-refractivity contribution < 1.29 is 9.90 Å². The second-order valence-corrected chi connectivity index (χ2v) is 4.65. The van der Waals surface area contributed by atoms with Crippen molar-refractivity contribution in [2.45, 2.75) is 25.8 Å². The predicted molar refractivity (Wildman–Crippen MR) is 77.4 cm³/mol. The lowest BCUT2D eigenvalue weighted by Crippen LogP contribution is -2.34. The zero-order valence-electron chi connectivity index (χ0n) is 11.3. The molecule has 102 valence electrons. The van der Waals surface area contributed by atoms with E-state index in [2.05, 4.69) is 11.4 Å². The maximum Gasteiger partial charge on any atom is 0.252 e. The normalized spacial score (nSPS) is 11.8. The predicted octanol–water partition coefficient (Wildman–Crippen LogP) is 2.97. The van der Waals surface area contributed by atoms with Crippen LogP contribution in [0.25, 0.3) is 10.8 Å². The minimum atomic E-state index is -0.191. The summed E-state index contributed by atoms with van der Waals surface area (Å²) in [7, 11) is 0. The first kappa shape index (κ1) is 13.9. The molecule has 1 unspecified atom stereocenters.